The highest BCUT2D eigenvalue weighted by molar-refractivity contribution is 5.02. The molecule has 11 heavy (non-hydrogen) atoms. The van der Waals surface area contributed by atoms with Crippen molar-refractivity contribution in [3.8, 4) is 0 Å². The summed E-state index contributed by atoms with van der Waals surface area (Å²) >= 11 is 0. The van der Waals surface area contributed by atoms with Gasteiger partial charge in [-0.15, -0.1) is 0 Å². The van der Waals surface area contributed by atoms with Crippen molar-refractivity contribution in [1.29, 1.82) is 0 Å². The van der Waals surface area contributed by atoms with Gasteiger partial charge in [0.25, 0.3) is 0 Å². The minimum absolute atomic E-state index is 0.733. The standard InChI is InChI=1S/C10H19N/c1-3-7-10(4-2)8-5-6-9-11/h5-6,8-10H,3-4,7,11H2,1-2H3/b8-5-,9-6-. The van der Waals surface area contributed by atoms with Crippen molar-refractivity contribution in [3.63, 3.8) is 0 Å². The number of hydrogen-bond acceptors (Lipinski definition) is 1. The molecule has 0 aliphatic rings. The van der Waals surface area contributed by atoms with Crippen LogP contribution >= 0.6 is 0 Å². The molecular formula is C10H19N. The molecule has 1 nitrogen and oxygen atoms in total. The van der Waals surface area contributed by atoms with Crippen LogP contribution in [-0.2, 0) is 0 Å². The lowest BCUT2D eigenvalue weighted by Crippen LogP contribution is -1.92. The van der Waals surface area contributed by atoms with E-state index in [0.29, 0.717) is 0 Å². The van der Waals surface area contributed by atoms with Gasteiger partial charge in [0.2, 0.25) is 0 Å². The Kier molecular flexibility index (Phi) is 6.90. The summed E-state index contributed by atoms with van der Waals surface area (Å²) in [5.74, 6) is 0.733. The van der Waals surface area contributed by atoms with Crippen molar-refractivity contribution in [3.05, 3.63) is 24.4 Å². The van der Waals surface area contributed by atoms with Gasteiger partial charge in [-0.3, -0.25) is 0 Å². The van der Waals surface area contributed by atoms with Gasteiger partial charge in [0.05, 0.1) is 0 Å². The number of hydrogen-bond donors (Lipinski definition) is 1. The maximum absolute atomic E-state index is 5.20. The Morgan fingerprint density at radius 2 is 2.00 bits per heavy atom. The molecule has 2 N–H and O–H groups in total. The van der Waals surface area contributed by atoms with Crippen molar-refractivity contribution in [2.75, 3.05) is 0 Å². The molecular weight excluding hydrogens is 134 g/mol. The van der Waals surface area contributed by atoms with E-state index >= 15 is 0 Å². The largest absolute Gasteiger partial charge is 0.405 e. The second-order valence-electron chi connectivity index (χ2n) is 2.73. The van der Waals surface area contributed by atoms with Gasteiger partial charge < -0.3 is 5.73 Å². The van der Waals surface area contributed by atoms with E-state index in [1.807, 2.05) is 12.2 Å². The molecule has 0 heterocycles. The Morgan fingerprint density at radius 3 is 2.45 bits per heavy atom. The summed E-state index contributed by atoms with van der Waals surface area (Å²) in [6.07, 6.45) is 11.5. The predicted octanol–water partition coefficient (Wildman–Crippen LogP) is 2.84. The van der Waals surface area contributed by atoms with E-state index < -0.39 is 0 Å². The second kappa shape index (κ2) is 7.39. The molecule has 0 aliphatic carbocycles. The van der Waals surface area contributed by atoms with Crippen molar-refractivity contribution in [2.45, 2.75) is 33.1 Å². The smallest absolute Gasteiger partial charge is 0.00625 e. The van der Waals surface area contributed by atoms with Gasteiger partial charge in [-0.05, 0) is 31.0 Å². The molecule has 1 heteroatoms. The molecule has 0 aromatic carbocycles. The molecule has 0 rings (SSSR count). The Labute approximate surface area is 70.0 Å². The molecule has 0 radical (unpaired) electrons. The molecule has 0 aromatic rings. The van der Waals surface area contributed by atoms with Gasteiger partial charge >= 0.3 is 0 Å². The molecule has 1 unspecified atom stereocenters. The van der Waals surface area contributed by atoms with Crippen LogP contribution in [0.3, 0.4) is 0 Å². The second-order valence-corrected chi connectivity index (χ2v) is 2.73. The van der Waals surface area contributed by atoms with E-state index in [1.165, 1.54) is 19.3 Å². The van der Waals surface area contributed by atoms with Crippen LogP contribution in [0, 0.1) is 5.92 Å². The number of rotatable bonds is 5. The number of nitrogens with two attached hydrogens (primary N) is 1. The molecule has 0 saturated carbocycles. The molecule has 0 amide bonds. The third-order valence-corrected chi connectivity index (χ3v) is 1.79. The van der Waals surface area contributed by atoms with E-state index in [-0.39, 0.29) is 0 Å². The van der Waals surface area contributed by atoms with Gasteiger partial charge in [0.15, 0.2) is 0 Å². The van der Waals surface area contributed by atoms with E-state index in [1.54, 1.807) is 6.20 Å². The summed E-state index contributed by atoms with van der Waals surface area (Å²) in [6, 6.07) is 0. The molecule has 0 spiro atoms. The fraction of sp³-hybridized carbons (Fsp3) is 0.600. The van der Waals surface area contributed by atoms with Crippen LogP contribution in [-0.4, -0.2) is 0 Å². The van der Waals surface area contributed by atoms with E-state index in [4.69, 9.17) is 5.73 Å². The lowest BCUT2D eigenvalue weighted by atomic mass is 10.0. The van der Waals surface area contributed by atoms with Crippen LogP contribution in [0.15, 0.2) is 24.4 Å². The van der Waals surface area contributed by atoms with Crippen molar-refractivity contribution in [1.82, 2.24) is 0 Å². The molecule has 0 saturated heterocycles. The van der Waals surface area contributed by atoms with Crippen molar-refractivity contribution >= 4 is 0 Å². The molecule has 0 aliphatic heterocycles. The first-order valence-electron chi connectivity index (χ1n) is 4.40. The molecule has 0 bridgehead atoms. The summed E-state index contributed by atoms with van der Waals surface area (Å²) in [5, 5.41) is 0. The fourth-order valence-corrected chi connectivity index (χ4v) is 1.09. The first kappa shape index (κ1) is 10.3. The zero-order chi connectivity index (χ0) is 8.53. The molecule has 64 valence electrons. The summed E-state index contributed by atoms with van der Waals surface area (Å²) in [5.41, 5.74) is 5.20. The average molecular weight is 153 g/mol. The Morgan fingerprint density at radius 1 is 1.27 bits per heavy atom. The normalized spacial score (nSPS) is 14.7. The summed E-state index contributed by atoms with van der Waals surface area (Å²) in [4.78, 5) is 0. The lowest BCUT2D eigenvalue weighted by molar-refractivity contribution is 0.563. The van der Waals surface area contributed by atoms with E-state index in [2.05, 4.69) is 19.9 Å². The van der Waals surface area contributed by atoms with Crippen molar-refractivity contribution < 1.29 is 0 Å². The molecule has 1 atom stereocenters. The zero-order valence-corrected chi connectivity index (χ0v) is 7.59. The van der Waals surface area contributed by atoms with Crippen LogP contribution in [0.1, 0.15) is 33.1 Å². The third kappa shape index (κ3) is 5.71. The maximum atomic E-state index is 5.20. The highest BCUT2D eigenvalue weighted by Gasteiger charge is 1.97. The Balaban J connectivity index is 3.66. The number of allylic oxidation sites excluding steroid dienone is 3. The monoisotopic (exact) mass is 153 g/mol. The first-order chi connectivity index (χ1) is 5.35. The van der Waals surface area contributed by atoms with Gasteiger partial charge in [0.1, 0.15) is 0 Å². The Bertz CT molecular complexity index is 125. The molecule has 0 fully saturated rings. The highest BCUT2D eigenvalue weighted by atomic mass is 14.5. The van der Waals surface area contributed by atoms with E-state index in [0.717, 1.165) is 5.92 Å². The maximum Gasteiger partial charge on any atom is -0.00625 e. The summed E-state index contributed by atoms with van der Waals surface area (Å²) in [7, 11) is 0. The van der Waals surface area contributed by atoms with Crippen LogP contribution in [0.5, 0.6) is 0 Å². The minimum Gasteiger partial charge on any atom is -0.405 e. The van der Waals surface area contributed by atoms with Crippen LogP contribution in [0.4, 0.5) is 0 Å². The molecule has 0 aromatic heterocycles. The predicted molar refractivity (Wildman–Crippen MR) is 51.2 cm³/mol. The minimum atomic E-state index is 0.733. The summed E-state index contributed by atoms with van der Waals surface area (Å²) in [6.45, 7) is 4.44. The van der Waals surface area contributed by atoms with Gasteiger partial charge in [-0.1, -0.05) is 32.4 Å². The topological polar surface area (TPSA) is 26.0 Å². The average Bonchev–Trinajstić information content (AvgIpc) is 2.03. The van der Waals surface area contributed by atoms with Crippen LogP contribution < -0.4 is 5.73 Å². The van der Waals surface area contributed by atoms with Gasteiger partial charge in [-0.25, -0.2) is 0 Å². The Hall–Kier alpha value is -0.720. The third-order valence-electron chi connectivity index (χ3n) is 1.79. The SMILES string of the molecule is CCCC(/C=C\C=C/N)CC. The zero-order valence-electron chi connectivity index (χ0n) is 7.59. The highest BCUT2D eigenvalue weighted by Crippen LogP contribution is 2.11. The summed E-state index contributed by atoms with van der Waals surface area (Å²) < 4.78 is 0. The van der Waals surface area contributed by atoms with Crippen LogP contribution in [0.25, 0.3) is 0 Å². The van der Waals surface area contributed by atoms with Gasteiger partial charge in [0, 0.05) is 0 Å². The quantitative estimate of drug-likeness (QED) is 0.604. The first-order valence-corrected chi connectivity index (χ1v) is 4.40. The van der Waals surface area contributed by atoms with Gasteiger partial charge in [-0.2, -0.15) is 0 Å². The fourth-order valence-electron chi connectivity index (χ4n) is 1.09. The van der Waals surface area contributed by atoms with Crippen molar-refractivity contribution in [2.24, 2.45) is 11.7 Å². The van der Waals surface area contributed by atoms with E-state index in [9.17, 15) is 0 Å². The lowest BCUT2D eigenvalue weighted by Gasteiger charge is -2.05. The van der Waals surface area contributed by atoms with Crippen LogP contribution in [0.2, 0.25) is 0 Å².